The van der Waals surface area contributed by atoms with Crippen LogP contribution in [-0.4, -0.2) is 21.6 Å². The Bertz CT molecular complexity index is 961. The SMILES string of the molecule is Cc1cc2n(n1)CCC(=O)N2Cc1ccc(C(=O)NCc2cccs2)cc1. The quantitative estimate of drug-likeness (QED) is 0.740. The number of amides is 2. The second kappa shape index (κ2) is 7.36. The van der Waals surface area contributed by atoms with E-state index in [1.54, 1.807) is 28.4 Å². The zero-order valence-electron chi connectivity index (χ0n) is 15.0. The van der Waals surface area contributed by atoms with Gasteiger partial charge in [-0.2, -0.15) is 5.10 Å². The predicted octanol–water partition coefficient (Wildman–Crippen LogP) is 3.12. The van der Waals surface area contributed by atoms with Crippen molar-refractivity contribution >= 4 is 29.0 Å². The third-order valence-corrected chi connectivity index (χ3v) is 5.43. The Morgan fingerprint density at radius 1 is 1.26 bits per heavy atom. The number of hydrogen-bond donors (Lipinski definition) is 1. The summed E-state index contributed by atoms with van der Waals surface area (Å²) in [5.41, 5.74) is 2.49. The molecule has 7 heteroatoms. The summed E-state index contributed by atoms with van der Waals surface area (Å²) < 4.78 is 1.88. The van der Waals surface area contributed by atoms with Crippen LogP contribution in [0.5, 0.6) is 0 Å². The fraction of sp³-hybridized carbons (Fsp3) is 0.250. The first-order chi connectivity index (χ1) is 13.1. The summed E-state index contributed by atoms with van der Waals surface area (Å²) in [6.45, 7) is 3.56. The number of rotatable bonds is 5. The lowest BCUT2D eigenvalue weighted by atomic mass is 10.1. The monoisotopic (exact) mass is 380 g/mol. The molecule has 0 radical (unpaired) electrons. The van der Waals surface area contributed by atoms with Gasteiger partial charge < -0.3 is 5.32 Å². The van der Waals surface area contributed by atoms with Crippen molar-refractivity contribution in [3.63, 3.8) is 0 Å². The second-order valence-corrected chi connectivity index (χ2v) is 7.59. The van der Waals surface area contributed by atoms with Crippen molar-refractivity contribution in [2.75, 3.05) is 4.90 Å². The van der Waals surface area contributed by atoms with Gasteiger partial charge in [0, 0.05) is 22.9 Å². The van der Waals surface area contributed by atoms with Crippen LogP contribution >= 0.6 is 11.3 Å². The summed E-state index contributed by atoms with van der Waals surface area (Å²) in [6.07, 6.45) is 0.456. The minimum atomic E-state index is -0.0994. The lowest BCUT2D eigenvalue weighted by molar-refractivity contribution is -0.119. The van der Waals surface area contributed by atoms with E-state index in [1.807, 2.05) is 47.3 Å². The van der Waals surface area contributed by atoms with Gasteiger partial charge in [-0.05, 0) is 36.1 Å². The number of nitrogens with zero attached hydrogens (tertiary/aromatic N) is 3. The number of aryl methyl sites for hydroxylation is 2. The minimum Gasteiger partial charge on any atom is -0.347 e. The summed E-state index contributed by atoms with van der Waals surface area (Å²) in [7, 11) is 0. The van der Waals surface area contributed by atoms with Crippen LogP contribution in [0.4, 0.5) is 5.82 Å². The number of carbonyl (C=O) groups is 2. The standard InChI is InChI=1S/C20H20N4O2S/c1-14-11-18-23(19(25)8-9-24(18)22-14)13-15-4-6-16(7-5-15)20(26)21-12-17-3-2-10-27-17/h2-7,10-11H,8-9,12-13H2,1H3,(H,21,26). The average molecular weight is 380 g/mol. The van der Waals surface area contributed by atoms with Crippen LogP contribution < -0.4 is 10.2 Å². The zero-order chi connectivity index (χ0) is 18.8. The van der Waals surface area contributed by atoms with Gasteiger partial charge in [-0.1, -0.05) is 18.2 Å². The highest BCUT2D eigenvalue weighted by Crippen LogP contribution is 2.24. The molecule has 0 spiro atoms. The molecule has 138 valence electrons. The van der Waals surface area contributed by atoms with Crippen molar-refractivity contribution in [2.24, 2.45) is 0 Å². The van der Waals surface area contributed by atoms with Gasteiger partial charge in [-0.3, -0.25) is 14.5 Å². The largest absolute Gasteiger partial charge is 0.347 e. The molecule has 0 bridgehead atoms. The molecule has 0 atom stereocenters. The summed E-state index contributed by atoms with van der Waals surface area (Å²) >= 11 is 1.62. The number of benzene rings is 1. The fourth-order valence-electron chi connectivity index (χ4n) is 3.17. The molecular formula is C20H20N4O2S. The molecule has 6 nitrogen and oxygen atoms in total. The molecule has 1 aromatic carbocycles. The van der Waals surface area contributed by atoms with Gasteiger partial charge in [0.15, 0.2) is 0 Å². The number of hydrogen-bond acceptors (Lipinski definition) is 4. The lowest BCUT2D eigenvalue weighted by Gasteiger charge is -2.27. The van der Waals surface area contributed by atoms with E-state index in [9.17, 15) is 9.59 Å². The number of nitrogens with one attached hydrogen (secondary N) is 1. The molecule has 1 aliphatic rings. The van der Waals surface area contributed by atoms with Crippen LogP contribution in [0.15, 0.2) is 47.8 Å². The third-order valence-electron chi connectivity index (χ3n) is 4.56. The number of aromatic nitrogens is 2. The highest BCUT2D eigenvalue weighted by molar-refractivity contribution is 7.09. The van der Waals surface area contributed by atoms with Gasteiger partial charge >= 0.3 is 0 Å². The molecule has 0 fully saturated rings. The molecular weight excluding hydrogens is 360 g/mol. The fourth-order valence-corrected chi connectivity index (χ4v) is 3.82. The number of carbonyl (C=O) groups excluding carboxylic acids is 2. The Hall–Kier alpha value is -2.93. The van der Waals surface area contributed by atoms with Gasteiger partial charge in [0.1, 0.15) is 5.82 Å². The average Bonchev–Trinajstić information content (AvgIpc) is 3.31. The van der Waals surface area contributed by atoms with E-state index in [-0.39, 0.29) is 11.8 Å². The molecule has 27 heavy (non-hydrogen) atoms. The van der Waals surface area contributed by atoms with E-state index in [2.05, 4.69) is 10.4 Å². The molecule has 2 aromatic heterocycles. The van der Waals surface area contributed by atoms with Gasteiger partial charge in [0.25, 0.3) is 5.91 Å². The van der Waals surface area contributed by atoms with Gasteiger partial charge in [0.05, 0.1) is 25.3 Å². The zero-order valence-corrected chi connectivity index (χ0v) is 15.8. The van der Waals surface area contributed by atoms with E-state index >= 15 is 0 Å². The van der Waals surface area contributed by atoms with Crippen molar-refractivity contribution in [1.82, 2.24) is 15.1 Å². The first-order valence-electron chi connectivity index (χ1n) is 8.84. The van der Waals surface area contributed by atoms with Crippen LogP contribution in [0.3, 0.4) is 0 Å². The molecule has 4 rings (SSSR count). The van der Waals surface area contributed by atoms with Crippen molar-refractivity contribution in [1.29, 1.82) is 0 Å². The third kappa shape index (κ3) is 3.78. The topological polar surface area (TPSA) is 67.2 Å². The van der Waals surface area contributed by atoms with E-state index in [0.717, 1.165) is 22.0 Å². The number of fused-ring (bicyclic) bond motifs is 1. The maximum Gasteiger partial charge on any atom is 0.251 e. The molecule has 3 heterocycles. The molecule has 1 aliphatic heterocycles. The molecule has 0 saturated carbocycles. The second-order valence-electron chi connectivity index (χ2n) is 6.56. The first kappa shape index (κ1) is 17.5. The van der Waals surface area contributed by atoms with Crippen LogP contribution in [0.25, 0.3) is 0 Å². The van der Waals surface area contributed by atoms with E-state index in [0.29, 0.717) is 31.6 Å². The molecule has 0 unspecified atom stereocenters. The van der Waals surface area contributed by atoms with E-state index < -0.39 is 0 Å². The van der Waals surface area contributed by atoms with Gasteiger partial charge in [-0.25, -0.2) is 4.68 Å². The van der Waals surface area contributed by atoms with Crippen molar-refractivity contribution in [3.05, 3.63) is 69.5 Å². The maximum atomic E-state index is 12.4. The summed E-state index contributed by atoms with van der Waals surface area (Å²) in [4.78, 5) is 27.5. The van der Waals surface area contributed by atoms with Crippen molar-refractivity contribution < 1.29 is 9.59 Å². The van der Waals surface area contributed by atoms with Crippen molar-refractivity contribution in [3.8, 4) is 0 Å². The van der Waals surface area contributed by atoms with Gasteiger partial charge in [-0.15, -0.1) is 11.3 Å². The highest BCUT2D eigenvalue weighted by atomic mass is 32.1. The Kier molecular flexibility index (Phi) is 4.77. The molecule has 1 N–H and O–H groups in total. The Labute approximate surface area is 161 Å². The molecule has 2 amide bonds. The Balaban J connectivity index is 1.43. The summed E-state index contributed by atoms with van der Waals surface area (Å²) in [6, 6.07) is 13.3. The number of thiophene rings is 1. The number of anilines is 1. The van der Waals surface area contributed by atoms with E-state index in [4.69, 9.17) is 0 Å². The van der Waals surface area contributed by atoms with Crippen LogP contribution in [0.2, 0.25) is 0 Å². The Morgan fingerprint density at radius 3 is 2.81 bits per heavy atom. The van der Waals surface area contributed by atoms with E-state index in [1.165, 1.54) is 0 Å². The smallest absolute Gasteiger partial charge is 0.251 e. The van der Waals surface area contributed by atoms with Crippen LogP contribution in [0, 0.1) is 6.92 Å². The van der Waals surface area contributed by atoms with Crippen LogP contribution in [0.1, 0.15) is 32.9 Å². The molecule has 0 aliphatic carbocycles. The summed E-state index contributed by atoms with van der Waals surface area (Å²) in [5, 5.41) is 9.34. The first-order valence-corrected chi connectivity index (χ1v) is 9.72. The lowest BCUT2D eigenvalue weighted by Crippen LogP contribution is -2.36. The maximum absolute atomic E-state index is 12.4. The minimum absolute atomic E-state index is 0.0974. The molecule has 0 saturated heterocycles. The Morgan fingerprint density at radius 2 is 2.07 bits per heavy atom. The van der Waals surface area contributed by atoms with Gasteiger partial charge in [0.2, 0.25) is 5.91 Å². The predicted molar refractivity (Wildman–Crippen MR) is 105 cm³/mol. The summed E-state index contributed by atoms with van der Waals surface area (Å²) in [5.74, 6) is 0.833. The highest BCUT2D eigenvalue weighted by Gasteiger charge is 2.25. The van der Waals surface area contributed by atoms with Crippen molar-refractivity contribution in [2.45, 2.75) is 33.0 Å². The normalized spacial score (nSPS) is 13.5. The van der Waals surface area contributed by atoms with Crippen LogP contribution in [-0.2, 0) is 24.4 Å². The molecule has 3 aromatic rings.